The van der Waals surface area contributed by atoms with Crippen molar-refractivity contribution in [3.63, 3.8) is 0 Å². The van der Waals surface area contributed by atoms with E-state index in [4.69, 9.17) is 0 Å². The van der Waals surface area contributed by atoms with E-state index in [0.29, 0.717) is 5.06 Å². The third-order valence-corrected chi connectivity index (χ3v) is 2.47. The number of Topliss-reactive ketones (excluding diaryl/α,β-unsaturated/α-hetero) is 1. The molecule has 0 spiro atoms. The summed E-state index contributed by atoms with van der Waals surface area (Å²) in [5, 5.41) is 19.8. The Morgan fingerprint density at radius 2 is 1.92 bits per heavy atom. The van der Waals surface area contributed by atoms with Crippen LogP contribution in [0.15, 0.2) is 4.99 Å². The SMILES string of the molecule is CC(=O)C1=NC(C)(C)C(C)(O)N1O. The molecule has 0 amide bonds. The third kappa shape index (κ3) is 1.24. The van der Waals surface area contributed by atoms with E-state index in [1.54, 1.807) is 13.8 Å². The second kappa shape index (κ2) is 2.52. The summed E-state index contributed by atoms with van der Waals surface area (Å²) in [6, 6.07) is 0. The maximum absolute atomic E-state index is 11.0. The summed E-state index contributed by atoms with van der Waals surface area (Å²) >= 11 is 0. The molecule has 1 atom stereocenters. The second-order valence-corrected chi connectivity index (χ2v) is 3.88. The number of aliphatic hydroxyl groups is 1. The number of rotatable bonds is 1. The Bertz CT molecular complexity index is 281. The van der Waals surface area contributed by atoms with Crippen LogP contribution in [0, 0.1) is 0 Å². The highest BCUT2D eigenvalue weighted by atomic mass is 16.5. The van der Waals surface area contributed by atoms with Gasteiger partial charge in [0.05, 0.1) is 0 Å². The van der Waals surface area contributed by atoms with Crippen molar-refractivity contribution >= 4 is 11.6 Å². The standard InChI is InChI=1S/C8H14N2O3/c1-5(11)6-9-7(2,3)8(4,12)10(6)13/h12-13H,1-4H3. The molecule has 1 unspecified atom stereocenters. The van der Waals surface area contributed by atoms with Crippen molar-refractivity contribution in [2.45, 2.75) is 39.0 Å². The summed E-state index contributed by atoms with van der Waals surface area (Å²) < 4.78 is 0. The highest BCUT2D eigenvalue weighted by Crippen LogP contribution is 2.34. The van der Waals surface area contributed by atoms with E-state index in [-0.39, 0.29) is 11.6 Å². The van der Waals surface area contributed by atoms with Crippen molar-refractivity contribution in [3.05, 3.63) is 0 Å². The van der Waals surface area contributed by atoms with Crippen LogP contribution in [0.2, 0.25) is 0 Å². The number of hydrogen-bond acceptors (Lipinski definition) is 5. The minimum atomic E-state index is -1.53. The summed E-state index contributed by atoms with van der Waals surface area (Å²) in [5.41, 5.74) is -2.42. The van der Waals surface area contributed by atoms with Gasteiger partial charge in [-0.1, -0.05) is 0 Å². The molecular weight excluding hydrogens is 172 g/mol. The summed E-state index contributed by atoms with van der Waals surface area (Å²) in [4.78, 5) is 14.9. The minimum Gasteiger partial charge on any atom is -0.367 e. The van der Waals surface area contributed by atoms with Gasteiger partial charge in [0.1, 0.15) is 5.54 Å². The molecule has 0 bridgehead atoms. The average Bonchev–Trinajstić information content (AvgIpc) is 2.11. The Hall–Kier alpha value is -0.940. The third-order valence-electron chi connectivity index (χ3n) is 2.47. The molecule has 0 aromatic heterocycles. The van der Waals surface area contributed by atoms with Crippen molar-refractivity contribution in [3.8, 4) is 0 Å². The Labute approximate surface area is 76.6 Å². The van der Waals surface area contributed by atoms with Gasteiger partial charge >= 0.3 is 0 Å². The van der Waals surface area contributed by atoms with E-state index >= 15 is 0 Å². The van der Waals surface area contributed by atoms with Gasteiger partial charge in [0.25, 0.3) is 0 Å². The topological polar surface area (TPSA) is 73.1 Å². The van der Waals surface area contributed by atoms with E-state index in [2.05, 4.69) is 4.99 Å². The van der Waals surface area contributed by atoms with E-state index in [9.17, 15) is 15.1 Å². The molecule has 0 radical (unpaired) electrons. The summed E-state index contributed by atoms with van der Waals surface area (Å²) in [7, 11) is 0. The van der Waals surface area contributed by atoms with E-state index in [1.165, 1.54) is 13.8 Å². The van der Waals surface area contributed by atoms with Gasteiger partial charge in [-0.15, -0.1) is 0 Å². The number of hydroxylamine groups is 2. The van der Waals surface area contributed by atoms with Crippen molar-refractivity contribution in [2.24, 2.45) is 4.99 Å². The first-order valence-electron chi connectivity index (χ1n) is 4.02. The molecule has 2 N–H and O–H groups in total. The lowest BCUT2D eigenvalue weighted by atomic mass is 9.94. The van der Waals surface area contributed by atoms with Gasteiger partial charge in [0.2, 0.25) is 0 Å². The lowest BCUT2D eigenvalue weighted by molar-refractivity contribution is -0.216. The number of carbonyl (C=O) groups is 1. The molecule has 0 aromatic rings. The van der Waals surface area contributed by atoms with Crippen LogP contribution in [0.4, 0.5) is 0 Å². The Morgan fingerprint density at radius 1 is 1.46 bits per heavy atom. The minimum absolute atomic E-state index is 0.102. The number of hydrogen-bond donors (Lipinski definition) is 2. The molecule has 0 fully saturated rings. The summed E-state index contributed by atoms with van der Waals surface area (Å²) in [6.07, 6.45) is 0. The van der Waals surface area contributed by atoms with E-state index < -0.39 is 11.3 Å². The first-order valence-corrected chi connectivity index (χ1v) is 4.02. The van der Waals surface area contributed by atoms with Gasteiger partial charge in [0, 0.05) is 6.92 Å². The van der Waals surface area contributed by atoms with Crippen molar-refractivity contribution in [1.29, 1.82) is 0 Å². The van der Waals surface area contributed by atoms with E-state index in [1.807, 2.05) is 0 Å². The highest BCUT2D eigenvalue weighted by molar-refractivity contribution is 6.38. The molecule has 74 valence electrons. The van der Waals surface area contributed by atoms with Gasteiger partial charge in [-0.2, -0.15) is 0 Å². The molecule has 0 aliphatic carbocycles. The largest absolute Gasteiger partial charge is 0.367 e. The molecule has 5 heteroatoms. The number of ketones is 1. The lowest BCUT2D eigenvalue weighted by Gasteiger charge is -2.34. The van der Waals surface area contributed by atoms with Crippen molar-refractivity contribution in [1.82, 2.24) is 5.06 Å². The fraction of sp³-hybridized carbons (Fsp3) is 0.750. The number of aliphatic imine (C=N–C) groups is 1. The smallest absolute Gasteiger partial charge is 0.196 e. The fourth-order valence-electron chi connectivity index (χ4n) is 1.11. The Balaban J connectivity index is 3.14. The molecular formula is C8H14N2O3. The fourth-order valence-corrected chi connectivity index (χ4v) is 1.11. The van der Waals surface area contributed by atoms with Crippen LogP contribution in [-0.4, -0.2) is 38.3 Å². The number of amidine groups is 1. The second-order valence-electron chi connectivity index (χ2n) is 3.88. The zero-order chi connectivity index (χ0) is 10.4. The molecule has 5 nitrogen and oxygen atoms in total. The molecule has 1 aliphatic heterocycles. The van der Waals surface area contributed by atoms with Crippen LogP contribution < -0.4 is 0 Å². The quantitative estimate of drug-likeness (QED) is 0.612. The van der Waals surface area contributed by atoms with Crippen LogP contribution in [0.5, 0.6) is 0 Å². The zero-order valence-electron chi connectivity index (χ0n) is 8.20. The van der Waals surface area contributed by atoms with Crippen LogP contribution in [0.3, 0.4) is 0 Å². The monoisotopic (exact) mass is 186 g/mol. The molecule has 0 saturated carbocycles. The average molecular weight is 186 g/mol. The van der Waals surface area contributed by atoms with Crippen LogP contribution in [0.25, 0.3) is 0 Å². The van der Waals surface area contributed by atoms with Crippen LogP contribution in [-0.2, 0) is 4.79 Å². The first kappa shape index (κ1) is 10.1. The van der Waals surface area contributed by atoms with Gasteiger partial charge in [-0.3, -0.25) is 15.0 Å². The maximum atomic E-state index is 11.0. The number of carbonyl (C=O) groups excluding carboxylic acids is 1. The normalized spacial score (nSPS) is 31.8. The molecule has 1 rings (SSSR count). The van der Waals surface area contributed by atoms with Crippen LogP contribution in [0.1, 0.15) is 27.7 Å². The molecule has 0 aromatic carbocycles. The zero-order valence-corrected chi connectivity index (χ0v) is 8.20. The maximum Gasteiger partial charge on any atom is 0.196 e. The Kier molecular flexibility index (Phi) is 1.97. The summed E-state index contributed by atoms with van der Waals surface area (Å²) in [6.45, 7) is 5.99. The van der Waals surface area contributed by atoms with Gasteiger partial charge in [-0.05, 0) is 20.8 Å². The Morgan fingerprint density at radius 3 is 2.08 bits per heavy atom. The predicted molar refractivity (Wildman–Crippen MR) is 46.4 cm³/mol. The highest BCUT2D eigenvalue weighted by Gasteiger charge is 2.52. The van der Waals surface area contributed by atoms with Gasteiger partial charge in [-0.25, -0.2) is 5.06 Å². The molecule has 1 heterocycles. The van der Waals surface area contributed by atoms with E-state index in [0.717, 1.165) is 0 Å². The molecule has 0 saturated heterocycles. The first-order chi connectivity index (χ1) is 5.70. The lowest BCUT2D eigenvalue weighted by Crippen LogP contribution is -2.54. The predicted octanol–water partition coefficient (Wildman–Crippen LogP) is 0.166. The van der Waals surface area contributed by atoms with Crippen LogP contribution >= 0.6 is 0 Å². The number of nitrogens with zero attached hydrogens (tertiary/aromatic N) is 2. The summed E-state index contributed by atoms with van der Waals surface area (Å²) in [5.74, 6) is -0.469. The molecule has 1 aliphatic rings. The molecule has 13 heavy (non-hydrogen) atoms. The van der Waals surface area contributed by atoms with Crippen molar-refractivity contribution < 1.29 is 15.1 Å². The van der Waals surface area contributed by atoms with Crippen molar-refractivity contribution in [2.75, 3.05) is 0 Å². The van der Waals surface area contributed by atoms with Gasteiger partial charge < -0.3 is 5.11 Å². The van der Waals surface area contributed by atoms with Gasteiger partial charge in [0.15, 0.2) is 17.3 Å².